The number of hydrogen-bond acceptors (Lipinski definition) is 3. The van der Waals surface area contributed by atoms with Gasteiger partial charge in [-0.2, -0.15) is 0 Å². The highest BCUT2D eigenvalue weighted by Gasteiger charge is 2.10. The summed E-state index contributed by atoms with van der Waals surface area (Å²) in [4.78, 5) is 10.2. The van der Waals surface area contributed by atoms with Crippen molar-refractivity contribution in [3.05, 3.63) is 67.4 Å². The smallest absolute Gasteiger partial charge is 0.269 e. The Balaban J connectivity index is 2.15. The Kier molecular flexibility index (Phi) is 4.57. The zero-order valence-electron chi connectivity index (χ0n) is 9.98. The lowest BCUT2D eigenvalue weighted by atomic mass is 10.2. The van der Waals surface area contributed by atoms with Gasteiger partial charge in [0.2, 0.25) is 0 Å². The molecule has 0 aromatic heterocycles. The van der Waals surface area contributed by atoms with Crippen molar-refractivity contribution in [1.82, 2.24) is 0 Å². The van der Waals surface area contributed by atoms with Crippen molar-refractivity contribution >= 4 is 33.2 Å². The van der Waals surface area contributed by atoms with Gasteiger partial charge in [0, 0.05) is 22.7 Å². The molecule has 2 rings (SSSR count). The van der Waals surface area contributed by atoms with E-state index in [9.17, 15) is 14.5 Å². The van der Waals surface area contributed by atoms with Gasteiger partial charge in [0.15, 0.2) is 0 Å². The molecule has 0 bridgehead atoms. The van der Waals surface area contributed by atoms with Crippen LogP contribution in [0.3, 0.4) is 0 Å². The molecule has 0 atom stereocenters. The van der Waals surface area contributed by atoms with E-state index in [1.165, 1.54) is 36.4 Å². The van der Waals surface area contributed by atoms with Crippen LogP contribution in [0.2, 0.25) is 5.02 Å². The van der Waals surface area contributed by atoms with E-state index < -0.39 is 10.7 Å². The van der Waals surface area contributed by atoms with Crippen molar-refractivity contribution in [2.75, 3.05) is 0 Å². The molecule has 0 spiro atoms. The quantitative estimate of drug-likeness (QED) is 0.585. The van der Waals surface area contributed by atoms with Gasteiger partial charge in [-0.1, -0.05) is 11.6 Å². The Bertz CT molecular complexity index is 666. The number of hydrogen-bond donors (Lipinski definition) is 0. The summed E-state index contributed by atoms with van der Waals surface area (Å²) in [6, 6.07) is 8.31. The van der Waals surface area contributed by atoms with Crippen LogP contribution in [0.5, 0.6) is 5.75 Å². The van der Waals surface area contributed by atoms with E-state index in [1.54, 1.807) is 0 Å². The molecule has 0 fully saturated rings. The van der Waals surface area contributed by atoms with Gasteiger partial charge in [0.1, 0.15) is 18.2 Å². The summed E-state index contributed by atoms with van der Waals surface area (Å²) in [5.41, 5.74) is 0.426. The lowest BCUT2D eigenvalue weighted by Gasteiger charge is -2.08. The molecule has 0 aliphatic rings. The Morgan fingerprint density at radius 1 is 1.30 bits per heavy atom. The largest absolute Gasteiger partial charge is 0.489 e. The lowest BCUT2D eigenvalue weighted by molar-refractivity contribution is -0.384. The third-order valence-electron chi connectivity index (χ3n) is 2.53. The number of non-ortho nitro benzene ring substituents is 1. The summed E-state index contributed by atoms with van der Waals surface area (Å²) in [5.74, 6) is 0.0339. The van der Waals surface area contributed by atoms with Gasteiger partial charge >= 0.3 is 0 Å². The van der Waals surface area contributed by atoms with Gasteiger partial charge in [0.25, 0.3) is 5.69 Å². The maximum atomic E-state index is 13.1. The van der Waals surface area contributed by atoms with Gasteiger partial charge in [-0.15, -0.1) is 0 Å². The highest BCUT2D eigenvalue weighted by molar-refractivity contribution is 9.10. The molecule has 4 nitrogen and oxygen atoms in total. The molecule has 20 heavy (non-hydrogen) atoms. The molecule has 2 aromatic carbocycles. The molecule has 0 amide bonds. The number of halogens is 3. The van der Waals surface area contributed by atoms with Crippen LogP contribution in [0.1, 0.15) is 5.56 Å². The van der Waals surface area contributed by atoms with Crippen molar-refractivity contribution in [3.8, 4) is 5.75 Å². The van der Waals surface area contributed by atoms with E-state index >= 15 is 0 Å². The highest BCUT2D eigenvalue weighted by Crippen LogP contribution is 2.25. The number of nitrogens with zero attached hydrogens (tertiary/aromatic N) is 1. The second-order valence-electron chi connectivity index (χ2n) is 3.90. The van der Waals surface area contributed by atoms with Crippen LogP contribution in [0.4, 0.5) is 10.1 Å². The molecule has 104 valence electrons. The molecular formula is C13H8BrClFNO3. The number of nitro benzene ring substituents is 1. The Morgan fingerprint density at radius 3 is 2.70 bits per heavy atom. The fourth-order valence-electron chi connectivity index (χ4n) is 1.51. The minimum atomic E-state index is -0.506. The highest BCUT2D eigenvalue weighted by atomic mass is 79.9. The molecular weight excluding hydrogens is 353 g/mol. The zero-order valence-corrected chi connectivity index (χ0v) is 12.3. The first-order valence-corrected chi connectivity index (χ1v) is 6.65. The predicted octanol–water partition coefficient (Wildman–Crippen LogP) is 4.73. The third-order valence-corrected chi connectivity index (χ3v) is 3.50. The van der Waals surface area contributed by atoms with Crippen molar-refractivity contribution < 1.29 is 14.1 Å². The molecule has 0 unspecified atom stereocenters. The van der Waals surface area contributed by atoms with Crippen molar-refractivity contribution in [3.63, 3.8) is 0 Å². The van der Waals surface area contributed by atoms with E-state index in [-0.39, 0.29) is 16.8 Å². The van der Waals surface area contributed by atoms with Crippen LogP contribution in [0.25, 0.3) is 0 Å². The van der Waals surface area contributed by atoms with E-state index in [0.717, 1.165) is 0 Å². The van der Waals surface area contributed by atoms with Gasteiger partial charge in [-0.25, -0.2) is 4.39 Å². The maximum Gasteiger partial charge on any atom is 0.269 e. The minimum Gasteiger partial charge on any atom is -0.489 e. The molecule has 2 aromatic rings. The standard InChI is InChI=1S/C13H8BrClFNO3/c14-11-6-10(2-4-13(11)16)20-7-8-5-9(17(18)19)1-3-12(8)15/h1-6H,7H2. The Hall–Kier alpha value is -1.66. The molecule has 0 aliphatic carbocycles. The van der Waals surface area contributed by atoms with Crippen LogP contribution in [-0.2, 0) is 6.61 Å². The summed E-state index contributed by atoms with van der Waals surface area (Å²) in [6.45, 7) is 0.0542. The average molecular weight is 361 g/mol. The number of nitro groups is 1. The van der Waals surface area contributed by atoms with E-state index in [1.807, 2.05) is 0 Å². The fourth-order valence-corrected chi connectivity index (χ4v) is 2.04. The fraction of sp³-hybridized carbons (Fsp3) is 0.0769. The summed E-state index contributed by atoms with van der Waals surface area (Å²) >= 11 is 9.00. The van der Waals surface area contributed by atoms with E-state index in [2.05, 4.69) is 15.9 Å². The first-order valence-electron chi connectivity index (χ1n) is 5.48. The number of rotatable bonds is 4. The SMILES string of the molecule is O=[N+]([O-])c1ccc(Cl)c(COc2ccc(F)c(Br)c2)c1. The molecule has 0 saturated carbocycles. The molecule has 0 N–H and O–H groups in total. The summed E-state index contributed by atoms with van der Waals surface area (Å²) < 4.78 is 18.8. The topological polar surface area (TPSA) is 52.4 Å². The number of ether oxygens (including phenoxy) is 1. The summed E-state index contributed by atoms with van der Waals surface area (Å²) in [5, 5.41) is 11.1. The monoisotopic (exact) mass is 359 g/mol. The van der Waals surface area contributed by atoms with Crippen LogP contribution < -0.4 is 4.74 Å². The minimum absolute atomic E-state index is 0.0542. The third kappa shape index (κ3) is 3.46. The molecule has 7 heteroatoms. The average Bonchev–Trinajstić information content (AvgIpc) is 2.41. The number of benzene rings is 2. The Morgan fingerprint density at radius 2 is 2.05 bits per heavy atom. The predicted molar refractivity (Wildman–Crippen MR) is 76.5 cm³/mol. The summed E-state index contributed by atoms with van der Waals surface area (Å²) in [6.07, 6.45) is 0. The van der Waals surface area contributed by atoms with E-state index in [0.29, 0.717) is 16.3 Å². The van der Waals surface area contributed by atoms with E-state index in [4.69, 9.17) is 16.3 Å². The van der Waals surface area contributed by atoms with Crippen molar-refractivity contribution in [1.29, 1.82) is 0 Å². The zero-order chi connectivity index (χ0) is 14.7. The van der Waals surface area contributed by atoms with Gasteiger partial charge in [-0.05, 0) is 40.2 Å². The molecule has 0 radical (unpaired) electrons. The Labute approximate surface area is 127 Å². The second-order valence-corrected chi connectivity index (χ2v) is 5.16. The first kappa shape index (κ1) is 14.7. The molecule has 0 saturated heterocycles. The van der Waals surface area contributed by atoms with Crippen molar-refractivity contribution in [2.24, 2.45) is 0 Å². The maximum absolute atomic E-state index is 13.1. The van der Waals surface area contributed by atoms with Gasteiger partial charge in [0.05, 0.1) is 9.40 Å². The van der Waals surface area contributed by atoms with Crippen LogP contribution in [0, 0.1) is 15.9 Å². The first-order chi connectivity index (χ1) is 9.47. The molecule has 0 heterocycles. The lowest BCUT2D eigenvalue weighted by Crippen LogP contribution is -1.98. The normalized spacial score (nSPS) is 10.3. The van der Waals surface area contributed by atoms with Crippen LogP contribution >= 0.6 is 27.5 Å². The molecule has 0 aliphatic heterocycles. The summed E-state index contributed by atoms with van der Waals surface area (Å²) in [7, 11) is 0. The second kappa shape index (κ2) is 6.19. The van der Waals surface area contributed by atoms with Crippen LogP contribution in [0.15, 0.2) is 40.9 Å². The van der Waals surface area contributed by atoms with Crippen LogP contribution in [-0.4, -0.2) is 4.92 Å². The van der Waals surface area contributed by atoms with Gasteiger partial charge < -0.3 is 4.74 Å². The van der Waals surface area contributed by atoms with Gasteiger partial charge in [-0.3, -0.25) is 10.1 Å². The van der Waals surface area contributed by atoms with Crippen molar-refractivity contribution in [2.45, 2.75) is 6.61 Å².